The van der Waals surface area contributed by atoms with E-state index in [9.17, 15) is 0 Å². The molecule has 0 saturated heterocycles. The maximum Gasteiger partial charge on any atom is 0.119 e. The molecule has 0 aliphatic heterocycles. The first-order chi connectivity index (χ1) is 11.6. The quantitative estimate of drug-likeness (QED) is 0.262. The fourth-order valence-corrected chi connectivity index (χ4v) is 4.94. The fourth-order valence-electron chi connectivity index (χ4n) is 2.32. The van der Waals surface area contributed by atoms with Crippen LogP contribution in [0.25, 0.3) is 0 Å². The standard InChI is InChI=1S/C20H35NOS2.ClH/c1-4-5-6-7-8-12-17-23-24-20(2,3)18-21-15-16-22-19-13-10-9-11-14-19;/h9-11,13-14,21H,4-8,12,15-18H2,1-3H3;1H. The second-order valence-corrected chi connectivity index (χ2v) is 9.89. The van der Waals surface area contributed by atoms with E-state index in [0.717, 1.165) is 25.4 Å². The number of para-hydroxylation sites is 1. The summed E-state index contributed by atoms with van der Waals surface area (Å²) in [4.78, 5) is 0. The van der Waals surface area contributed by atoms with Gasteiger partial charge < -0.3 is 10.1 Å². The summed E-state index contributed by atoms with van der Waals surface area (Å²) < 4.78 is 5.96. The predicted octanol–water partition coefficient (Wildman–Crippen LogP) is 6.60. The van der Waals surface area contributed by atoms with Crippen LogP contribution >= 0.6 is 34.0 Å². The average molecular weight is 406 g/mol. The Kier molecular flexibility index (Phi) is 16.1. The van der Waals surface area contributed by atoms with Crippen molar-refractivity contribution in [3.8, 4) is 5.75 Å². The summed E-state index contributed by atoms with van der Waals surface area (Å²) in [6.45, 7) is 9.53. The third-order valence-electron chi connectivity index (χ3n) is 3.71. The second kappa shape index (κ2) is 16.2. The second-order valence-electron chi connectivity index (χ2n) is 6.77. The third kappa shape index (κ3) is 14.8. The lowest BCUT2D eigenvalue weighted by Gasteiger charge is -2.23. The largest absolute Gasteiger partial charge is 0.492 e. The maximum absolute atomic E-state index is 5.70. The van der Waals surface area contributed by atoms with Crippen LogP contribution in [0, 0.1) is 0 Å². The van der Waals surface area contributed by atoms with E-state index < -0.39 is 0 Å². The lowest BCUT2D eigenvalue weighted by molar-refractivity contribution is 0.312. The first-order valence-corrected chi connectivity index (χ1v) is 11.6. The lowest BCUT2D eigenvalue weighted by Crippen LogP contribution is -2.34. The Morgan fingerprint density at radius 2 is 1.68 bits per heavy atom. The highest BCUT2D eigenvalue weighted by molar-refractivity contribution is 8.77. The molecule has 1 aromatic carbocycles. The molecule has 0 aromatic heterocycles. The summed E-state index contributed by atoms with van der Waals surface area (Å²) >= 11 is 0. The Hall–Kier alpha value is -0.0300. The smallest absolute Gasteiger partial charge is 0.119 e. The van der Waals surface area contributed by atoms with E-state index in [1.165, 1.54) is 44.3 Å². The Morgan fingerprint density at radius 1 is 1.00 bits per heavy atom. The van der Waals surface area contributed by atoms with Gasteiger partial charge in [0.15, 0.2) is 0 Å². The first kappa shape index (κ1) is 25.0. The van der Waals surface area contributed by atoms with Gasteiger partial charge in [0, 0.05) is 23.6 Å². The van der Waals surface area contributed by atoms with Crippen molar-refractivity contribution in [3.63, 3.8) is 0 Å². The van der Waals surface area contributed by atoms with Crippen molar-refractivity contribution in [2.45, 2.75) is 64.0 Å². The van der Waals surface area contributed by atoms with E-state index in [1.54, 1.807) is 0 Å². The van der Waals surface area contributed by atoms with E-state index in [4.69, 9.17) is 4.74 Å². The van der Waals surface area contributed by atoms with Crippen molar-refractivity contribution in [3.05, 3.63) is 30.3 Å². The number of hydrogen-bond acceptors (Lipinski definition) is 4. The van der Waals surface area contributed by atoms with Crippen LogP contribution in [0.15, 0.2) is 30.3 Å². The van der Waals surface area contributed by atoms with Gasteiger partial charge in [0.1, 0.15) is 12.4 Å². The number of nitrogens with one attached hydrogen (secondary N) is 1. The summed E-state index contributed by atoms with van der Waals surface area (Å²) in [7, 11) is 4.04. The molecule has 0 saturated carbocycles. The molecule has 0 atom stereocenters. The van der Waals surface area contributed by atoms with Gasteiger partial charge in [-0.25, -0.2) is 0 Å². The van der Waals surface area contributed by atoms with Gasteiger partial charge in [-0.3, -0.25) is 0 Å². The van der Waals surface area contributed by atoms with E-state index in [1.807, 2.05) is 51.9 Å². The van der Waals surface area contributed by atoms with E-state index in [-0.39, 0.29) is 17.2 Å². The zero-order valence-electron chi connectivity index (χ0n) is 16.1. The van der Waals surface area contributed by atoms with Crippen molar-refractivity contribution >= 4 is 34.0 Å². The van der Waals surface area contributed by atoms with Crippen LogP contribution in [0.1, 0.15) is 59.3 Å². The average Bonchev–Trinajstić information content (AvgIpc) is 2.58. The summed E-state index contributed by atoms with van der Waals surface area (Å²) in [6.07, 6.45) is 8.30. The SMILES string of the molecule is CCCCCCCCSSC(C)(C)CNCCOc1ccccc1.Cl. The number of benzene rings is 1. The Bertz CT molecular complexity index is 404. The fraction of sp³-hybridized carbons (Fsp3) is 0.700. The first-order valence-electron chi connectivity index (χ1n) is 9.33. The van der Waals surface area contributed by atoms with Gasteiger partial charge in [0.25, 0.3) is 0 Å². The molecule has 2 nitrogen and oxygen atoms in total. The minimum Gasteiger partial charge on any atom is -0.492 e. The number of hydrogen-bond donors (Lipinski definition) is 1. The lowest BCUT2D eigenvalue weighted by atomic mass is 10.1. The Labute approximate surface area is 169 Å². The van der Waals surface area contributed by atoms with E-state index in [0.29, 0.717) is 0 Å². The molecule has 0 aliphatic carbocycles. The molecule has 0 bridgehead atoms. The molecular formula is C20H36ClNOS2. The Morgan fingerprint density at radius 3 is 2.40 bits per heavy atom. The van der Waals surface area contributed by atoms with Crippen LogP contribution < -0.4 is 10.1 Å². The van der Waals surface area contributed by atoms with Gasteiger partial charge in [-0.1, -0.05) is 78.8 Å². The normalized spacial score (nSPS) is 11.2. The molecule has 0 amide bonds. The molecule has 1 aromatic rings. The van der Waals surface area contributed by atoms with Crippen molar-refractivity contribution in [1.82, 2.24) is 5.32 Å². The van der Waals surface area contributed by atoms with E-state index in [2.05, 4.69) is 26.1 Å². The molecule has 0 fully saturated rings. The number of halogens is 1. The molecule has 0 unspecified atom stereocenters. The highest BCUT2D eigenvalue weighted by Gasteiger charge is 2.18. The maximum atomic E-state index is 5.70. The zero-order chi connectivity index (χ0) is 17.5. The van der Waals surface area contributed by atoms with Gasteiger partial charge in [0.05, 0.1) is 0 Å². The van der Waals surface area contributed by atoms with Crippen LogP contribution in [0.4, 0.5) is 0 Å². The van der Waals surface area contributed by atoms with Gasteiger partial charge in [-0.15, -0.1) is 12.4 Å². The van der Waals surface area contributed by atoms with Crippen molar-refractivity contribution < 1.29 is 4.74 Å². The highest BCUT2D eigenvalue weighted by atomic mass is 35.5. The number of rotatable bonds is 15. The van der Waals surface area contributed by atoms with Crippen LogP contribution in [0.3, 0.4) is 0 Å². The Balaban J connectivity index is 0.00000576. The van der Waals surface area contributed by atoms with Gasteiger partial charge >= 0.3 is 0 Å². The van der Waals surface area contributed by atoms with Crippen molar-refractivity contribution in [1.29, 1.82) is 0 Å². The molecule has 0 heterocycles. The van der Waals surface area contributed by atoms with Crippen molar-refractivity contribution in [2.24, 2.45) is 0 Å². The van der Waals surface area contributed by atoms with Crippen LogP contribution in [-0.2, 0) is 0 Å². The van der Waals surface area contributed by atoms with Gasteiger partial charge in [-0.2, -0.15) is 0 Å². The summed E-state index contributed by atoms with van der Waals surface area (Å²) in [6, 6.07) is 10.0. The third-order valence-corrected chi connectivity index (χ3v) is 7.08. The monoisotopic (exact) mass is 405 g/mol. The number of ether oxygens (including phenoxy) is 1. The molecule has 0 radical (unpaired) electrons. The topological polar surface area (TPSA) is 21.3 Å². The molecule has 5 heteroatoms. The summed E-state index contributed by atoms with van der Waals surface area (Å²) in [5, 5.41) is 3.51. The van der Waals surface area contributed by atoms with Crippen molar-refractivity contribution in [2.75, 3.05) is 25.4 Å². The molecule has 0 aliphatic rings. The summed E-state index contributed by atoms with van der Waals surface area (Å²) in [5.41, 5.74) is 0. The predicted molar refractivity (Wildman–Crippen MR) is 120 cm³/mol. The molecule has 146 valence electrons. The minimum absolute atomic E-state index is 0. The van der Waals surface area contributed by atoms with Crippen LogP contribution in [0.5, 0.6) is 5.75 Å². The van der Waals surface area contributed by atoms with E-state index >= 15 is 0 Å². The molecule has 1 rings (SSSR count). The zero-order valence-corrected chi connectivity index (χ0v) is 18.5. The van der Waals surface area contributed by atoms with Crippen LogP contribution in [0.2, 0.25) is 0 Å². The number of unbranched alkanes of at least 4 members (excludes halogenated alkanes) is 5. The van der Waals surface area contributed by atoms with Gasteiger partial charge in [-0.05, 0) is 32.4 Å². The molecule has 25 heavy (non-hydrogen) atoms. The minimum atomic E-state index is 0. The molecule has 0 spiro atoms. The van der Waals surface area contributed by atoms with Gasteiger partial charge in [0.2, 0.25) is 0 Å². The molecule has 1 N–H and O–H groups in total. The highest BCUT2D eigenvalue weighted by Crippen LogP contribution is 2.35. The molecular weight excluding hydrogens is 370 g/mol. The summed E-state index contributed by atoms with van der Waals surface area (Å²) in [5.74, 6) is 2.22. The van der Waals surface area contributed by atoms with Crippen LogP contribution in [-0.4, -0.2) is 30.2 Å².